The third kappa shape index (κ3) is 53.3. The van der Waals surface area contributed by atoms with E-state index in [1.165, 1.54) is 289 Å². The smallest absolute Gasteiger partial charge is 0.220 e. The maximum atomic E-state index is 13.4. The van der Waals surface area contributed by atoms with Crippen molar-refractivity contribution in [2.45, 2.75) is 460 Å². The highest BCUT2D eigenvalue weighted by molar-refractivity contribution is 5.76. The van der Waals surface area contributed by atoms with Crippen molar-refractivity contribution < 1.29 is 64.6 Å². The van der Waals surface area contributed by atoms with Crippen LogP contribution >= 0.6 is 0 Å². The summed E-state index contributed by atoms with van der Waals surface area (Å²) in [5.41, 5.74) is 0. The fraction of sp³-hybridized carbons (Fsp3) is 0.852. The Bertz CT molecular complexity index is 1990. The van der Waals surface area contributed by atoms with E-state index in [2.05, 4.69) is 79.9 Å². The number of amides is 1. The summed E-state index contributed by atoms with van der Waals surface area (Å²) < 4.78 is 23.0. The Balaban J connectivity index is 1.56. The minimum Gasteiger partial charge on any atom is -0.394 e. The zero-order valence-corrected chi connectivity index (χ0v) is 65.6. The molecule has 0 saturated carbocycles. The number of carbonyl (C=O) groups is 1. The number of hydrogen-bond donors (Lipinski definition) is 9. The van der Waals surface area contributed by atoms with Crippen LogP contribution in [0.5, 0.6) is 0 Å². The Morgan fingerprint density at radius 2 is 0.676 bits per heavy atom. The molecular formula is C88H161NO13. The zero-order valence-electron chi connectivity index (χ0n) is 65.6. The average Bonchev–Trinajstić information content (AvgIpc) is 0.790. The van der Waals surface area contributed by atoms with Gasteiger partial charge in [-0.05, 0) is 64.2 Å². The van der Waals surface area contributed by atoms with Crippen molar-refractivity contribution >= 4 is 5.91 Å². The van der Waals surface area contributed by atoms with E-state index in [4.69, 9.17) is 18.9 Å². The molecule has 102 heavy (non-hydrogen) atoms. The lowest BCUT2D eigenvalue weighted by molar-refractivity contribution is -0.359. The highest BCUT2D eigenvalue weighted by atomic mass is 16.7. The van der Waals surface area contributed by atoms with Crippen molar-refractivity contribution in [1.82, 2.24) is 5.32 Å². The van der Waals surface area contributed by atoms with Crippen molar-refractivity contribution in [1.29, 1.82) is 0 Å². The van der Waals surface area contributed by atoms with E-state index in [9.17, 15) is 45.6 Å². The molecule has 14 nitrogen and oxygen atoms in total. The first-order valence-electron chi connectivity index (χ1n) is 43.2. The Morgan fingerprint density at radius 3 is 1.04 bits per heavy atom. The number of ether oxygens (including phenoxy) is 4. The molecule has 1 amide bonds. The van der Waals surface area contributed by atoms with Gasteiger partial charge in [0, 0.05) is 6.42 Å². The van der Waals surface area contributed by atoms with Crippen LogP contribution in [0.3, 0.4) is 0 Å². The number of nitrogens with one attached hydrogen (secondary N) is 1. The zero-order chi connectivity index (χ0) is 73.7. The monoisotopic (exact) mass is 1440 g/mol. The maximum absolute atomic E-state index is 13.4. The summed E-state index contributed by atoms with van der Waals surface area (Å²) >= 11 is 0. The van der Waals surface area contributed by atoms with Crippen LogP contribution in [0, 0.1) is 0 Å². The van der Waals surface area contributed by atoms with Crippen LogP contribution in [-0.4, -0.2) is 140 Å². The summed E-state index contributed by atoms with van der Waals surface area (Å²) in [5, 5.41) is 87.8. The van der Waals surface area contributed by atoms with E-state index in [0.29, 0.717) is 6.42 Å². The minimum atomic E-state index is -1.79. The Labute approximate surface area is 625 Å². The lowest BCUT2D eigenvalue weighted by Gasteiger charge is -2.46. The molecule has 2 aliphatic rings. The van der Waals surface area contributed by atoms with Gasteiger partial charge in [-0.15, -0.1) is 0 Å². The normalized spacial score (nSPS) is 22.0. The second-order valence-electron chi connectivity index (χ2n) is 30.3. The summed E-state index contributed by atoms with van der Waals surface area (Å²) in [6.07, 6.45) is 82.9. The number of unbranched alkanes of at least 4 members (excludes halogenated alkanes) is 50. The molecule has 0 bridgehead atoms. The molecule has 12 unspecified atom stereocenters. The SMILES string of the molecule is CC/C=C\C/C=C\C/C=C\C/C=C\C/C=C\CCCCCCCCCCCCCCCCCCCCCCCCCCCC(=O)NC(COC1OC(CO)C(OC2OC(CO)C(O)C(O)C2O)C(O)C1O)C(O)/C=C/CCCCCCCCCCCCCCCCCCCCCCCCCCC. The van der Waals surface area contributed by atoms with Crippen LogP contribution in [0.4, 0.5) is 0 Å². The van der Waals surface area contributed by atoms with Gasteiger partial charge in [-0.3, -0.25) is 4.79 Å². The predicted molar refractivity (Wildman–Crippen MR) is 424 cm³/mol. The van der Waals surface area contributed by atoms with Gasteiger partial charge in [-0.2, -0.15) is 0 Å². The number of aliphatic hydroxyl groups excluding tert-OH is 8. The molecule has 0 radical (unpaired) electrons. The number of hydrogen-bond acceptors (Lipinski definition) is 13. The minimum absolute atomic E-state index is 0.232. The van der Waals surface area contributed by atoms with Crippen molar-refractivity contribution in [2.24, 2.45) is 0 Å². The second-order valence-corrected chi connectivity index (χ2v) is 30.3. The molecule has 596 valence electrons. The van der Waals surface area contributed by atoms with Crippen molar-refractivity contribution in [3.63, 3.8) is 0 Å². The lowest BCUT2D eigenvalue weighted by atomic mass is 9.97. The topological polar surface area (TPSA) is 228 Å². The van der Waals surface area contributed by atoms with Crippen LogP contribution < -0.4 is 5.32 Å². The molecule has 0 aromatic rings. The summed E-state index contributed by atoms with van der Waals surface area (Å²) in [5.74, 6) is -0.232. The molecule has 2 saturated heterocycles. The molecule has 14 heteroatoms. The molecule has 2 rings (SSSR count). The second kappa shape index (κ2) is 71.4. The number of aliphatic hydroxyl groups is 8. The van der Waals surface area contributed by atoms with Crippen LogP contribution in [0.25, 0.3) is 0 Å². The van der Waals surface area contributed by atoms with Gasteiger partial charge in [-0.1, -0.05) is 389 Å². The van der Waals surface area contributed by atoms with Gasteiger partial charge >= 0.3 is 0 Å². The van der Waals surface area contributed by atoms with E-state index < -0.39 is 86.8 Å². The van der Waals surface area contributed by atoms with Crippen LogP contribution in [0.2, 0.25) is 0 Å². The highest BCUT2D eigenvalue weighted by Gasteiger charge is 2.51. The third-order valence-electron chi connectivity index (χ3n) is 20.9. The first kappa shape index (κ1) is 95.5. The molecule has 12 atom stereocenters. The Morgan fingerprint density at radius 1 is 0.363 bits per heavy atom. The molecule has 0 aliphatic carbocycles. The number of carbonyl (C=O) groups excluding carboxylic acids is 1. The summed E-state index contributed by atoms with van der Waals surface area (Å²) in [6.45, 7) is 2.75. The summed E-state index contributed by atoms with van der Waals surface area (Å²) in [4.78, 5) is 13.4. The Hall–Kier alpha value is -2.57. The fourth-order valence-electron chi connectivity index (χ4n) is 14.1. The van der Waals surface area contributed by atoms with Gasteiger partial charge in [0.25, 0.3) is 0 Å². The lowest BCUT2D eigenvalue weighted by Crippen LogP contribution is -2.65. The van der Waals surface area contributed by atoms with Crippen molar-refractivity contribution in [3.8, 4) is 0 Å². The molecule has 0 spiro atoms. The molecule has 2 aliphatic heterocycles. The number of rotatable bonds is 73. The van der Waals surface area contributed by atoms with Gasteiger partial charge in [0.15, 0.2) is 12.6 Å². The van der Waals surface area contributed by atoms with Gasteiger partial charge in [0.05, 0.1) is 32.0 Å². The van der Waals surface area contributed by atoms with Crippen molar-refractivity contribution in [3.05, 3.63) is 72.9 Å². The summed E-state index contributed by atoms with van der Waals surface area (Å²) in [6, 6.07) is -0.917. The van der Waals surface area contributed by atoms with E-state index in [-0.39, 0.29) is 18.9 Å². The standard InChI is InChI=1S/C88H161NO13/c1-3-5-7-9-11-13-15-17-19-21-23-25-27-29-31-32-33-34-35-36-37-38-39-40-41-42-43-44-46-48-50-52-54-56-58-60-62-64-66-68-70-72-80(93)89-76(75-99-87-85(98)83(96)86(79(74-91)101-87)102-88-84(97)82(95)81(94)78(73-90)100-88)77(92)71-69-67-65-63-61-59-57-55-53-51-49-47-45-30-28-26-24-22-20-18-16-14-12-10-8-6-4-2/h5,7,11,13,17,19,23,25,29,31,69,71,76-79,81-88,90-92,94-98H,3-4,6,8-10,12,14-16,18,20-22,24,26-28,30,32-68,70,72-75H2,1-2H3,(H,89,93)/b7-5-,13-11-,19-17-,25-23-,31-29-,71-69+. The highest BCUT2D eigenvalue weighted by Crippen LogP contribution is 2.30. The molecule has 9 N–H and O–H groups in total. The fourth-order valence-corrected chi connectivity index (χ4v) is 14.1. The van der Waals surface area contributed by atoms with Crippen molar-refractivity contribution in [2.75, 3.05) is 19.8 Å². The quantitative estimate of drug-likeness (QED) is 0.0204. The predicted octanol–water partition coefficient (Wildman–Crippen LogP) is 20.5. The van der Waals surface area contributed by atoms with Gasteiger partial charge in [0.2, 0.25) is 5.91 Å². The molecule has 0 aromatic carbocycles. The first-order valence-corrected chi connectivity index (χ1v) is 43.2. The molecular weight excluding hydrogens is 1280 g/mol. The van der Waals surface area contributed by atoms with Crippen LogP contribution in [0.1, 0.15) is 386 Å². The van der Waals surface area contributed by atoms with Crippen LogP contribution in [-0.2, 0) is 23.7 Å². The van der Waals surface area contributed by atoms with E-state index in [1.807, 2.05) is 6.08 Å². The van der Waals surface area contributed by atoms with Crippen LogP contribution in [0.15, 0.2) is 72.9 Å². The first-order chi connectivity index (χ1) is 50.1. The van der Waals surface area contributed by atoms with Gasteiger partial charge < -0.3 is 65.1 Å². The summed E-state index contributed by atoms with van der Waals surface area (Å²) in [7, 11) is 0. The van der Waals surface area contributed by atoms with Gasteiger partial charge in [0.1, 0.15) is 48.8 Å². The number of allylic oxidation sites excluding steroid dienone is 11. The van der Waals surface area contributed by atoms with Gasteiger partial charge in [-0.25, -0.2) is 0 Å². The maximum Gasteiger partial charge on any atom is 0.220 e. The third-order valence-corrected chi connectivity index (χ3v) is 20.9. The van der Waals surface area contributed by atoms with E-state index in [1.54, 1.807) is 6.08 Å². The molecule has 2 fully saturated rings. The average molecular weight is 1440 g/mol. The Kier molecular flexibility index (Phi) is 66.8. The largest absolute Gasteiger partial charge is 0.394 e. The van der Waals surface area contributed by atoms with E-state index in [0.717, 1.165) is 70.6 Å². The van der Waals surface area contributed by atoms with E-state index >= 15 is 0 Å². The molecule has 2 heterocycles. The molecule has 0 aromatic heterocycles.